The molecule has 0 spiro atoms. The van der Waals surface area contributed by atoms with Gasteiger partial charge in [-0.3, -0.25) is 14.4 Å². The fourth-order valence-corrected chi connectivity index (χ4v) is 3.03. The van der Waals surface area contributed by atoms with Gasteiger partial charge in [-0.15, -0.1) is 0 Å². The summed E-state index contributed by atoms with van der Waals surface area (Å²) in [6.45, 7) is 4.64. The quantitative estimate of drug-likeness (QED) is 0.344. The van der Waals surface area contributed by atoms with Crippen LogP contribution in [0.15, 0.2) is 40.3 Å². The molecule has 0 aliphatic heterocycles. The van der Waals surface area contributed by atoms with E-state index < -0.39 is 0 Å². The third-order valence-electron chi connectivity index (χ3n) is 3.67. The topological polar surface area (TPSA) is 104 Å². The number of thioether (sulfide) groups is 1. The number of amides is 2. The molecule has 0 saturated heterocycles. The number of hydrogen-bond donors (Lipinski definition) is 3. The van der Waals surface area contributed by atoms with Gasteiger partial charge in [-0.25, -0.2) is 4.98 Å². The molecule has 2 aromatic rings. The molecule has 0 fully saturated rings. The van der Waals surface area contributed by atoms with Crippen LogP contribution in [0.5, 0.6) is 0 Å². The molecule has 7 nitrogen and oxygen atoms in total. The van der Waals surface area contributed by atoms with Crippen LogP contribution in [-0.2, 0) is 11.2 Å². The van der Waals surface area contributed by atoms with Crippen LogP contribution in [0.4, 0.5) is 0 Å². The first kappa shape index (κ1) is 20.7. The lowest BCUT2D eigenvalue weighted by molar-refractivity contribution is -0.118. The van der Waals surface area contributed by atoms with Gasteiger partial charge >= 0.3 is 0 Å². The Balaban J connectivity index is 1.70. The van der Waals surface area contributed by atoms with E-state index in [1.807, 2.05) is 26.0 Å². The van der Waals surface area contributed by atoms with Gasteiger partial charge < -0.3 is 15.6 Å². The SMILES string of the molecule is CCCc1cc(=O)[nH]c(SCC(=O)NCCNC(=O)c2ccc(C)cc2)n1. The largest absolute Gasteiger partial charge is 0.354 e. The number of nitrogens with one attached hydrogen (secondary N) is 3. The summed E-state index contributed by atoms with van der Waals surface area (Å²) in [5.74, 6) is -0.217. The highest BCUT2D eigenvalue weighted by Gasteiger charge is 2.07. The minimum atomic E-state index is -0.213. The lowest BCUT2D eigenvalue weighted by Crippen LogP contribution is -2.35. The number of aryl methyl sites for hydroxylation is 2. The highest BCUT2D eigenvalue weighted by atomic mass is 32.2. The van der Waals surface area contributed by atoms with E-state index in [-0.39, 0.29) is 23.1 Å². The van der Waals surface area contributed by atoms with Crippen LogP contribution in [0.25, 0.3) is 0 Å². The molecule has 8 heteroatoms. The van der Waals surface area contributed by atoms with Crippen molar-refractivity contribution in [3.63, 3.8) is 0 Å². The number of benzene rings is 1. The zero-order valence-corrected chi connectivity index (χ0v) is 16.3. The number of aromatic nitrogens is 2. The zero-order valence-electron chi connectivity index (χ0n) is 15.5. The van der Waals surface area contributed by atoms with Crippen LogP contribution in [0.2, 0.25) is 0 Å². The lowest BCUT2D eigenvalue weighted by atomic mass is 10.1. The van der Waals surface area contributed by atoms with Crippen LogP contribution in [0.3, 0.4) is 0 Å². The van der Waals surface area contributed by atoms with E-state index in [2.05, 4.69) is 20.6 Å². The van der Waals surface area contributed by atoms with Crippen molar-refractivity contribution in [1.82, 2.24) is 20.6 Å². The summed E-state index contributed by atoms with van der Waals surface area (Å²) in [4.78, 5) is 42.4. The molecule has 3 N–H and O–H groups in total. The Bertz CT molecular complexity index is 834. The first-order chi connectivity index (χ1) is 13.0. The van der Waals surface area contributed by atoms with E-state index in [9.17, 15) is 14.4 Å². The number of nitrogens with zero attached hydrogens (tertiary/aromatic N) is 1. The van der Waals surface area contributed by atoms with Crippen LogP contribution in [0.1, 0.15) is 35.0 Å². The van der Waals surface area contributed by atoms with Crippen molar-refractivity contribution in [1.29, 1.82) is 0 Å². The van der Waals surface area contributed by atoms with Crippen LogP contribution in [-0.4, -0.2) is 40.6 Å². The number of aromatic amines is 1. The molecular formula is C19H24N4O3S. The van der Waals surface area contributed by atoms with Gasteiger partial charge in [0.2, 0.25) is 5.91 Å². The summed E-state index contributed by atoms with van der Waals surface area (Å²) in [5, 5.41) is 5.92. The second-order valence-electron chi connectivity index (χ2n) is 6.05. The zero-order chi connectivity index (χ0) is 19.6. The molecule has 0 radical (unpaired) electrons. The van der Waals surface area contributed by atoms with Gasteiger partial charge in [0.1, 0.15) is 0 Å². The molecule has 0 atom stereocenters. The van der Waals surface area contributed by atoms with Gasteiger partial charge in [0.15, 0.2) is 5.16 Å². The van der Waals surface area contributed by atoms with E-state index in [1.165, 1.54) is 17.8 Å². The third kappa shape index (κ3) is 7.26. The maximum Gasteiger partial charge on any atom is 0.251 e. The fourth-order valence-electron chi connectivity index (χ4n) is 2.31. The third-order valence-corrected chi connectivity index (χ3v) is 4.54. The number of carbonyl (C=O) groups is 2. The van der Waals surface area contributed by atoms with Crippen LogP contribution >= 0.6 is 11.8 Å². The maximum absolute atomic E-state index is 12.0. The highest BCUT2D eigenvalue weighted by Crippen LogP contribution is 2.11. The van der Waals surface area contributed by atoms with Gasteiger partial charge in [0.25, 0.3) is 11.5 Å². The second kappa shape index (κ2) is 10.5. The molecule has 0 aliphatic carbocycles. The molecule has 0 unspecified atom stereocenters. The molecule has 0 saturated carbocycles. The maximum atomic E-state index is 12.0. The van der Waals surface area contributed by atoms with Crippen molar-refractivity contribution < 1.29 is 9.59 Å². The normalized spacial score (nSPS) is 10.4. The van der Waals surface area contributed by atoms with Crippen molar-refractivity contribution in [2.24, 2.45) is 0 Å². The molecule has 27 heavy (non-hydrogen) atoms. The number of rotatable bonds is 9. The van der Waals surface area contributed by atoms with Gasteiger partial charge in [-0.2, -0.15) is 0 Å². The standard InChI is InChI=1S/C19H24N4O3S/c1-3-4-15-11-16(24)23-19(22-15)27-12-17(25)20-9-10-21-18(26)14-7-5-13(2)6-8-14/h5-8,11H,3-4,9-10,12H2,1-2H3,(H,20,25)(H,21,26)(H,22,23,24). The minimum Gasteiger partial charge on any atom is -0.354 e. The molecule has 1 aromatic carbocycles. The van der Waals surface area contributed by atoms with E-state index in [4.69, 9.17) is 0 Å². The molecule has 0 aliphatic rings. The molecule has 0 bridgehead atoms. The van der Waals surface area contributed by atoms with Crippen molar-refractivity contribution in [3.05, 3.63) is 57.5 Å². The summed E-state index contributed by atoms with van der Waals surface area (Å²) in [5.41, 5.74) is 2.19. The van der Waals surface area contributed by atoms with Crippen molar-refractivity contribution in [2.45, 2.75) is 31.8 Å². The van der Waals surface area contributed by atoms with Gasteiger partial charge in [0, 0.05) is 30.4 Å². The summed E-state index contributed by atoms with van der Waals surface area (Å²) in [6.07, 6.45) is 1.62. The van der Waals surface area contributed by atoms with Crippen molar-refractivity contribution in [3.8, 4) is 0 Å². The first-order valence-electron chi connectivity index (χ1n) is 8.82. The number of H-pyrrole nitrogens is 1. The summed E-state index contributed by atoms with van der Waals surface area (Å²) in [6, 6.07) is 8.76. The Morgan fingerprint density at radius 3 is 2.56 bits per heavy atom. The summed E-state index contributed by atoms with van der Waals surface area (Å²) >= 11 is 1.18. The number of carbonyl (C=O) groups excluding carboxylic acids is 2. The number of hydrogen-bond acceptors (Lipinski definition) is 5. The molecule has 144 valence electrons. The van der Waals surface area contributed by atoms with E-state index in [0.717, 1.165) is 24.1 Å². The Kier molecular flexibility index (Phi) is 8.06. The smallest absolute Gasteiger partial charge is 0.251 e. The molecule has 2 rings (SSSR count). The van der Waals surface area contributed by atoms with E-state index in [1.54, 1.807) is 12.1 Å². The Morgan fingerprint density at radius 2 is 1.85 bits per heavy atom. The monoisotopic (exact) mass is 388 g/mol. The van der Waals surface area contributed by atoms with Gasteiger partial charge in [-0.05, 0) is 25.5 Å². The predicted molar refractivity (Wildman–Crippen MR) is 106 cm³/mol. The van der Waals surface area contributed by atoms with Gasteiger partial charge in [0.05, 0.1) is 5.75 Å². The second-order valence-corrected chi connectivity index (χ2v) is 7.02. The average Bonchev–Trinajstić information content (AvgIpc) is 2.64. The van der Waals surface area contributed by atoms with Crippen molar-refractivity contribution >= 4 is 23.6 Å². The first-order valence-corrected chi connectivity index (χ1v) is 9.81. The van der Waals surface area contributed by atoms with Gasteiger partial charge in [-0.1, -0.05) is 42.8 Å². The Hall–Kier alpha value is -2.61. The minimum absolute atomic E-state index is 0.143. The summed E-state index contributed by atoms with van der Waals surface area (Å²) in [7, 11) is 0. The van der Waals surface area contributed by atoms with E-state index in [0.29, 0.717) is 23.8 Å². The Labute approximate surface area is 162 Å². The predicted octanol–water partition coefficient (Wildman–Crippen LogP) is 1.67. The van der Waals surface area contributed by atoms with Crippen molar-refractivity contribution in [2.75, 3.05) is 18.8 Å². The Morgan fingerprint density at radius 1 is 1.15 bits per heavy atom. The molecule has 2 amide bonds. The lowest BCUT2D eigenvalue weighted by Gasteiger charge is -2.07. The van der Waals surface area contributed by atoms with Crippen LogP contribution in [0, 0.1) is 6.92 Å². The van der Waals surface area contributed by atoms with E-state index >= 15 is 0 Å². The average molecular weight is 388 g/mol. The molecular weight excluding hydrogens is 364 g/mol. The molecule has 1 heterocycles. The van der Waals surface area contributed by atoms with Crippen LogP contribution < -0.4 is 16.2 Å². The summed E-state index contributed by atoms with van der Waals surface area (Å²) < 4.78 is 0. The molecule has 1 aromatic heterocycles. The highest BCUT2D eigenvalue weighted by molar-refractivity contribution is 7.99. The fraction of sp³-hybridized carbons (Fsp3) is 0.368.